The van der Waals surface area contributed by atoms with Gasteiger partial charge < -0.3 is 16.0 Å². The Morgan fingerprint density at radius 1 is 0.870 bits per heavy atom. The summed E-state index contributed by atoms with van der Waals surface area (Å²) >= 11 is 0. The van der Waals surface area contributed by atoms with Gasteiger partial charge in [0.25, 0.3) is 5.91 Å². The molecule has 0 atom stereocenters. The van der Waals surface area contributed by atoms with Crippen LogP contribution in [0.1, 0.15) is 29.8 Å². The Bertz CT molecular complexity index is 694. The molecule has 5 nitrogen and oxygen atoms in total. The second kappa shape index (κ2) is 7.45. The molecule has 0 bridgehead atoms. The third-order valence-electron chi connectivity index (χ3n) is 3.21. The maximum absolute atomic E-state index is 12.2. The van der Waals surface area contributed by atoms with E-state index in [-0.39, 0.29) is 18.0 Å². The lowest BCUT2D eigenvalue weighted by Gasteiger charge is -2.11. The lowest BCUT2D eigenvalue weighted by atomic mass is 10.1. The Labute approximate surface area is 136 Å². The quantitative estimate of drug-likeness (QED) is 0.804. The first-order chi connectivity index (χ1) is 11.0. The van der Waals surface area contributed by atoms with Gasteiger partial charge in [0, 0.05) is 23.0 Å². The SMILES string of the molecule is Cc1ccccc1C(=O)Nc1ccc(NC(=O)NC(C)C)cc1. The molecule has 0 aromatic heterocycles. The third kappa shape index (κ3) is 4.85. The number of anilines is 2. The first kappa shape index (κ1) is 16.5. The largest absolute Gasteiger partial charge is 0.336 e. The highest BCUT2D eigenvalue weighted by Crippen LogP contribution is 2.15. The van der Waals surface area contributed by atoms with Gasteiger partial charge in [0.1, 0.15) is 0 Å². The predicted octanol–water partition coefficient (Wildman–Crippen LogP) is 3.78. The lowest BCUT2D eigenvalue weighted by Crippen LogP contribution is -2.34. The Hall–Kier alpha value is -2.82. The highest BCUT2D eigenvalue weighted by atomic mass is 16.2. The molecule has 0 unspecified atom stereocenters. The van der Waals surface area contributed by atoms with Crippen LogP contribution in [0.15, 0.2) is 48.5 Å². The summed E-state index contributed by atoms with van der Waals surface area (Å²) in [6.45, 7) is 5.68. The average Bonchev–Trinajstić information content (AvgIpc) is 2.48. The van der Waals surface area contributed by atoms with E-state index in [1.54, 1.807) is 30.3 Å². The molecule has 0 aliphatic rings. The van der Waals surface area contributed by atoms with Gasteiger partial charge in [0.15, 0.2) is 0 Å². The van der Waals surface area contributed by atoms with Crippen molar-refractivity contribution in [1.82, 2.24) is 5.32 Å². The van der Waals surface area contributed by atoms with E-state index in [2.05, 4.69) is 16.0 Å². The van der Waals surface area contributed by atoms with Crippen LogP contribution in [0.25, 0.3) is 0 Å². The number of amides is 3. The minimum absolute atomic E-state index is 0.0719. The standard InChI is InChI=1S/C18H21N3O2/c1-12(2)19-18(23)21-15-10-8-14(9-11-15)20-17(22)16-7-5-4-6-13(16)3/h4-12H,1-3H3,(H,20,22)(H2,19,21,23). The fraction of sp³-hybridized carbons (Fsp3) is 0.222. The van der Waals surface area contributed by atoms with E-state index in [0.717, 1.165) is 5.56 Å². The molecule has 120 valence electrons. The van der Waals surface area contributed by atoms with Gasteiger partial charge in [0.2, 0.25) is 0 Å². The molecule has 0 saturated heterocycles. The van der Waals surface area contributed by atoms with E-state index < -0.39 is 0 Å². The zero-order chi connectivity index (χ0) is 16.8. The molecule has 3 N–H and O–H groups in total. The van der Waals surface area contributed by atoms with E-state index in [0.29, 0.717) is 16.9 Å². The van der Waals surface area contributed by atoms with Crippen LogP contribution in [-0.2, 0) is 0 Å². The molecule has 0 heterocycles. The molecule has 0 aliphatic heterocycles. The van der Waals surface area contributed by atoms with Crippen LogP contribution in [0.2, 0.25) is 0 Å². The van der Waals surface area contributed by atoms with Crippen molar-refractivity contribution in [2.75, 3.05) is 10.6 Å². The fourth-order valence-electron chi connectivity index (χ4n) is 2.09. The van der Waals surface area contributed by atoms with Gasteiger partial charge in [-0.3, -0.25) is 4.79 Å². The zero-order valence-corrected chi connectivity index (χ0v) is 13.5. The first-order valence-electron chi connectivity index (χ1n) is 7.50. The summed E-state index contributed by atoms with van der Waals surface area (Å²) in [4.78, 5) is 23.8. The summed E-state index contributed by atoms with van der Waals surface area (Å²) in [5.74, 6) is -0.152. The van der Waals surface area contributed by atoms with Crippen molar-refractivity contribution < 1.29 is 9.59 Å². The maximum Gasteiger partial charge on any atom is 0.319 e. The number of aryl methyl sites for hydroxylation is 1. The number of hydrogen-bond donors (Lipinski definition) is 3. The summed E-state index contributed by atoms with van der Waals surface area (Å²) in [5, 5.41) is 8.32. The first-order valence-corrected chi connectivity index (χ1v) is 7.50. The molecule has 0 radical (unpaired) electrons. The molecule has 0 spiro atoms. The van der Waals surface area contributed by atoms with Crippen molar-refractivity contribution in [3.05, 3.63) is 59.7 Å². The van der Waals surface area contributed by atoms with E-state index in [1.807, 2.05) is 39.0 Å². The average molecular weight is 311 g/mol. The Balaban J connectivity index is 1.99. The Kier molecular flexibility index (Phi) is 5.36. The van der Waals surface area contributed by atoms with Gasteiger partial charge in [-0.2, -0.15) is 0 Å². The minimum Gasteiger partial charge on any atom is -0.336 e. The number of hydrogen-bond acceptors (Lipinski definition) is 2. The van der Waals surface area contributed by atoms with E-state index in [1.165, 1.54) is 0 Å². The van der Waals surface area contributed by atoms with E-state index >= 15 is 0 Å². The highest BCUT2D eigenvalue weighted by molar-refractivity contribution is 6.05. The molecule has 2 aromatic rings. The second-order valence-corrected chi connectivity index (χ2v) is 5.60. The van der Waals surface area contributed by atoms with Crippen LogP contribution < -0.4 is 16.0 Å². The van der Waals surface area contributed by atoms with Gasteiger partial charge in [0.05, 0.1) is 0 Å². The Morgan fingerprint density at radius 3 is 2.00 bits per heavy atom. The van der Waals surface area contributed by atoms with Gasteiger partial charge >= 0.3 is 6.03 Å². The number of nitrogens with one attached hydrogen (secondary N) is 3. The molecule has 2 rings (SSSR count). The summed E-state index contributed by atoms with van der Waals surface area (Å²) in [6.07, 6.45) is 0. The Morgan fingerprint density at radius 2 is 1.43 bits per heavy atom. The van der Waals surface area contributed by atoms with E-state index in [4.69, 9.17) is 0 Å². The molecule has 5 heteroatoms. The zero-order valence-electron chi connectivity index (χ0n) is 13.5. The fourth-order valence-corrected chi connectivity index (χ4v) is 2.09. The van der Waals surface area contributed by atoms with Crippen molar-refractivity contribution in [3.8, 4) is 0 Å². The van der Waals surface area contributed by atoms with Crippen LogP contribution in [0.5, 0.6) is 0 Å². The smallest absolute Gasteiger partial charge is 0.319 e. The summed E-state index contributed by atoms with van der Waals surface area (Å²) in [7, 11) is 0. The van der Waals surface area contributed by atoms with Crippen LogP contribution in [0.4, 0.5) is 16.2 Å². The number of rotatable bonds is 4. The summed E-state index contributed by atoms with van der Waals surface area (Å²) in [6, 6.07) is 14.2. The maximum atomic E-state index is 12.2. The van der Waals surface area contributed by atoms with Gasteiger partial charge in [-0.05, 0) is 56.7 Å². The predicted molar refractivity (Wildman–Crippen MR) is 92.9 cm³/mol. The van der Waals surface area contributed by atoms with Crippen molar-refractivity contribution >= 4 is 23.3 Å². The molecule has 3 amide bonds. The highest BCUT2D eigenvalue weighted by Gasteiger charge is 2.08. The third-order valence-corrected chi connectivity index (χ3v) is 3.21. The van der Waals surface area contributed by atoms with Crippen LogP contribution in [0.3, 0.4) is 0 Å². The molecule has 0 saturated carbocycles. The van der Waals surface area contributed by atoms with Crippen molar-refractivity contribution in [2.24, 2.45) is 0 Å². The molecular weight excluding hydrogens is 290 g/mol. The molecular formula is C18H21N3O2. The number of carbonyl (C=O) groups excluding carboxylic acids is 2. The minimum atomic E-state index is -0.253. The number of benzene rings is 2. The number of carbonyl (C=O) groups is 2. The van der Waals surface area contributed by atoms with E-state index in [9.17, 15) is 9.59 Å². The molecule has 23 heavy (non-hydrogen) atoms. The molecule has 0 fully saturated rings. The number of urea groups is 1. The monoisotopic (exact) mass is 311 g/mol. The van der Waals surface area contributed by atoms with Crippen molar-refractivity contribution in [1.29, 1.82) is 0 Å². The van der Waals surface area contributed by atoms with Crippen molar-refractivity contribution in [3.63, 3.8) is 0 Å². The van der Waals surface area contributed by atoms with Gasteiger partial charge in [-0.1, -0.05) is 18.2 Å². The summed E-state index contributed by atoms with van der Waals surface area (Å²) < 4.78 is 0. The second-order valence-electron chi connectivity index (χ2n) is 5.60. The van der Waals surface area contributed by atoms with Gasteiger partial charge in [-0.25, -0.2) is 4.79 Å². The van der Waals surface area contributed by atoms with Crippen LogP contribution in [0, 0.1) is 6.92 Å². The van der Waals surface area contributed by atoms with Crippen molar-refractivity contribution in [2.45, 2.75) is 26.8 Å². The summed E-state index contributed by atoms with van der Waals surface area (Å²) in [5.41, 5.74) is 2.91. The van der Waals surface area contributed by atoms with Gasteiger partial charge in [-0.15, -0.1) is 0 Å². The topological polar surface area (TPSA) is 70.2 Å². The van der Waals surface area contributed by atoms with Crippen LogP contribution in [-0.4, -0.2) is 18.0 Å². The van der Waals surface area contributed by atoms with Crippen LogP contribution >= 0.6 is 0 Å². The lowest BCUT2D eigenvalue weighted by molar-refractivity contribution is 0.102. The normalized spacial score (nSPS) is 10.3. The molecule has 0 aliphatic carbocycles. The molecule has 2 aromatic carbocycles.